The Morgan fingerprint density at radius 3 is 2.47 bits per heavy atom. The summed E-state index contributed by atoms with van der Waals surface area (Å²) in [4.78, 5) is 14.8. The van der Waals surface area contributed by atoms with Gasteiger partial charge in [0.05, 0.1) is 5.56 Å². The van der Waals surface area contributed by atoms with Gasteiger partial charge in [-0.1, -0.05) is 39.7 Å². The molecule has 0 amide bonds. The zero-order chi connectivity index (χ0) is 12.4. The lowest BCUT2D eigenvalue weighted by atomic mass is 10.1. The van der Waals surface area contributed by atoms with Crippen molar-refractivity contribution in [2.75, 3.05) is 0 Å². The summed E-state index contributed by atoms with van der Waals surface area (Å²) in [7, 11) is 0. The number of carbonyl (C=O) groups is 1. The van der Waals surface area contributed by atoms with Crippen LogP contribution in [0.3, 0.4) is 0 Å². The largest absolute Gasteiger partial charge is 0.478 e. The van der Waals surface area contributed by atoms with Crippen LogP contribution in [-0.2, 0) is 0 Å². The second-order valence-corrected chi connectivity index (χ2v) is 4.65. The maximum absolute atomic E-state index is 10.9. The summed E-state index contributed by atoms with van der Waals surface area (Å²) >= 11 is 9.04. The van der Waals surface area contributed by atoms with E-state index in [1.54, 1.807) is 6.20 Å². The number of halogens is 2. The first-order chi connectivity index (χ1) is 8.08. The standard InChI is InChI=1S/C12H7BrClNO2/c13-9-3-1-7(2-4-9)8-5-10(12(16)17)11(14)15-6-8/h1-6H,(H,16,17). The Labute approximate surface area is 111 Å². The van der Waals surface area contributed by atoms with Crippen molar-refractivity contribution in [1.29, 1.82) is 0 Å². The average Bonchev–Trinajstić information content (AvgIpc) is 2.30. The minimum atomic E-state index is -1.08. The lowest BCUT2D eigenvalue weighted by Crippen LogP contribution is -1.99. The molecule has 1 N–H and O–H groups in total. The van der Waals surface area contributed by atoms with E-state index in [2.05, 4.69) is 20.9 Å². The van der Waals surface area contributed by atoms with Gasteiger partial charge in [-0.05, 0) is 23.8 Å². The molecule has 0 fully saturated rings. The van der Waals surface area contributed by atoms with Gasteiger partial charge in [0, 0.05) is 16.2 Å². The first-order valence-corrected chi connectivity index (χ1v) is 5.90. The Balaban J connectivity index is 2.50. The second kappa shape index (κ2) is 4.85. The van der Waals surface area contributed by atoms with E-state index in [4.69, 9.17) is 16.7 Å². The fourth-order valence-corrected chi connectivity index (χ4v) is 1.85. The van der Waals surface area contributed by atoms with Crippen LogP contribution in [-0.4, -0.2) is 16.1 Å². The van der Waals surface area contributed by atoms with Gasteiger partial charge >= 0.3 is 5.97 Å². The molecule has 86 valence electrons. The summed E-state index contributed by atoms with van der Waals surface area (Å²) in [5.41, 5.74) is 1.62. The number of benzene rings is 1. The monoisotopic (exact) mass is 311 g/mol. The lowest BCUT2D eigenvalue weighted by Gasteiger charge is -2.04. The van der Waals surface area contributed by atoms with E-state index in [1.165, 1.54) is 6.07 Å². The molecule has 3 nitrogen and oxygen atoms in total. The van der Waals surface area contributed by atoms with Gasteiger partial charge in [-0.25, -0.2) is 9.78 Å². The van der Waals surface area contributed by atoms with Crippen molar-refractivity contribution in [3.63, 3.8) is 0 Å². The number of nitrogens with zero attached hydrogens (tertiary/aromatic N) is 1. The quantitative estimate of drug-likeness (QED) is 0.857. The van der Waals surface area contributed by atoms with Gasteiger partial charge in [0.2, 0.25) is 0 Å². The molecule has 0 aliphatic rings. The molecule has 0 radical (unpaired) electrons. The van der Waals surface area contributed by atoms with Gasteiger partial charge in [0.25, 0.3) is 0 Å². The zero-order valence-corrected chi connectivity index (χ0v) is 10.9. The molecule has 1 aromatic heterocycles. The number of hydrogen-bond acceptors (Lipinski definition) is 2. The first kappa shape index (κ1) is 12.1. The smallest absolute Gasteiger partial charge is 0.338 e. The third kappa shape index (κ3) is 2.65. The highest BCUT2D eigenvalue weighted by Crippen LogP contribution is 2.24. The van der Waals surface area contributed by atoms with Crippen molar-refractivity contribution < 1.29 is 9.90 Å². The van der Waals surface area contributed by atoms with Crippen LogP contribution < -0.4 is 0 Å². The molecule has 2 aromatic rings. The van der Waals surface area contributed by atoms with Crippen molar-refractivity contribution in [1.82, 2.24) is 4.98 Å². The predicted octanol–water partition coefficient (Wildman–Crippen LogP) is 3.86. The lowest BCUT2D eigenvalue weighted by molar-refractivity contribution is 0.0696. The molecule has 0 atom stereocenters. The van der Waals surface area contributed by atoms with Crippen molar-refractivity contribution in [2.45, 2.75) is 0 Å². The van der Waals surface area contributed by atoms with Crippen LogP contribution in [0.15, 0.2) is 41.0 Å². The fourth-order valence-electron chi connectivity index (χ4n) is 1.40. The summed E-state index contributed by atoms with van der Waals surface area (Å²) in [6, 6.07) is 9.02. The molecule has 17 heavy (non-hydrogen) atoms. The third-order valence-corrected chi connectivity index (χ3v) is 3.08. The van der Waals surface area contributed by atoms with E-state index >= 15 is 0 Å². The molecule has 1 aromatic carbocycles. The molecule has 0 aliphatic carbocycles. The maximum atomic E-state index is 10.9. The molecule has 0 bridgehead atoms. The maximum Gasteiger partial charge on any atom is 0.338 e. The zero-order valence-electron chi connectivity index (χ0n) is 8.52. The Kier molecular flexibility index (Phi) is 3.45. The summed E-state index contributed by atoms with van der Waals surface area (Å²) in [5.74, 6) is -1.08. The summed E-state index contributed by atoms with van der Waals surface area (Å²) < 4.78 is 0.960. The number of carboxylic acid groups (broad SMARTS) is 1. The first-order valence-electron chi connectivity index (χ1n) is 4.72. The van der Waals surface area contributed by atoms with E-state index in [0.29, 0.717) is 0 Å². The van der Waals surface area contributed by atoms with Gasteiger partial charge in [-0.15, -0.1) is 0 Å². The highest BCUT2D eigenvalue weighted by molar-refractivity contribution is 9.10. The van der Waals surface area contributed by atoms with Crippen molar-refractivity contribution in [3.05, 3.63) is 51.7 Å². The van der Waals surface area contributed by atoms with Crippen LogP contribution in [0.25, 0.3) is 11.1 Å². The van der Waals surface area contributed by atoms with Crippen molar-refractivity contribution >= 4 is 33.5 Å². The predicted molar refractivity (Wildman–Crippen MR) is 69.3 cm³/mol. The van der Waals surface area contributed by atoms with Crippen LogP contribution in [0.2, 0.25) is 5.15 Å². The van der Waals surface area contributed by atoms with Crippen molar-refractivity contribution in [2.24, 2.45) is 0 Å². The Hall–Kier alpha value is -1.39. The minimum Gasteiger partial charge on any atom is -0.478 e. The van der Waals surface area contributed by atoms with Gasteiger partial charge in [-0.3, -0.25) is 0 Å². The molecule has 0 spiro atoms. The van der Waals surface area contributed by atoms with Crippen molar-refractivity contribution in [3.8, 4) is 11.1 Å². The van der Waals surface area contributed by atoms with Gasteiger partial charge in [0.15, 0.2) is 0 Å². The van der Waals surface area contributed by atoms with Crippen LogP contribution in [0.1, 0.15) is 10.4 Å². The molecule has 5 heteroatoms. The minimum absolute atomic E-state index is 0.00152. The Morgan fingerprint density at radius 1 is 1.24 bits per heavy atom. The summed E-state index contributed by atoms with van der Waals surface area (Å²) in [6.45, 7) is 0. The highest BCUT2D eigenvalue weighted by atomic mass is 79.9. The number of aromatic carboxylic acids is 1. The number of hydrogen-bond donors (Lipinski definition) is 1. The average molecular weight is 313 g/mol. The highest BCUT2D eigenvalue weighted by Gasteiger charge is 2.11. The summed E-state index contributed by atoms with van der Waals surface area (Å²) in [5, 5.41) is 8.95. The normalized spacial score (nSPS) is 10.2. The number of rotatable bonds is 2. The number of aromatic nitrogens is 1. The molecule has 0 saturated heterocycles. The molecule has 0 aliphatic heterocycles. The van der Waals surface area contributed by atoms with E-state index in [1.807, 2.05) is 24.3 Å². The van der Waals surface area contributed by atoms with Gasteiger partial charge in [-0.2, -0.15) is 0 Å². The van der Waals surface area contributed by atoms with Crippen LogP contribution >= 0.6 is 27.5 Å². The third-order valence-electron chi connectivity index (χ3n) is 2.25. The Morgan fingerprint density at radius 2 is 1.88 bits per heavy atom. The van der Waals surface area contributed by atoms with E-state index in [9.17, 15) is 4.79 Å². The summed E-state index contributed by atoms with van der Waals surface area (Å²) in [6.07, 6.45) is 1.55. The fraction of sp³-hybridized carbons (Fsp3) is 0. The Bertz CT molecular complexity index is 569. The number of pyridine rings is 1. The SMILES string of the molecule is O=C(O)c1cc(-c2ccc(Br)cc2)cnc1Cl. The van der Waals surface area contributed by atoms with Crippen LogP contribution in [0, 0.1) is 0 Å². The number of carboxylic acids is 1. The van der Waals surface area contributed by atoms with E-state index in [0.717, 1.165) is 15.6 Å². The van der Waals surface area contributed by atoms with Crippen LogP contribution in [0.4, 0.5) is 0 Å². The topological polar surface area (TPSA) is 50.2 Å². The molecule has 1 heterocycles. The molecule has 0 unspecified atom stereocenters. The molecular weight excluding hydrogens is 305 g/mol. The van der Waals surface area contributed by atoms with E-state index in [-0.39, 0.29) is 10.7 Å². The van der Waals surface area contributed by atoms with Gasteiger partial charge in [0.1, 0.15) is 5.15 Å². The van der Waals surface area contributed by atoms with Crippen LogP contribution in [0.5, 0.6) is 0 Å². The van der Waals surface area contributed by atoms with Gasteiger partial charge < -0.3 is 5.11 Å². The molecule has 2 rings (SSSR count). The molecular formula is C12H7BrClNO2. The molecule has 0 saturated carbocycles. The van der Waals surface area contributed by atoms with E-state index < -0.39 is 5.97 Å². The second-order valence-electron chi connectivity index (χ2n) is 3.37.